The predicted molar refractivity (Wildman–Crippen MR) is 98.9 cm³/mol. The Morgan fingerprint density at radius 3 is 2.41 bits per heavy atom. The van der Waals surface area contributed by atoms with E-state index in [0.29, 0.717) is 11.6 Å². The van der Waals surface area contributed by atoms with Gasteiger partial charge in [0.2, 0.25) is 0 Å². The number of hydrogen-bond donors (Lipinski definition) is 3. The summed E-state index contributed by atoms with van der Waals surface area (Å²) in [5.74, 6) is 0.772. The number of aliphatic hydroxyl groups excluding tert-OH is 1. The monoisotopic (exact) mass is 364 g/mol. The molecule has 0 spiro atoms. The summed E-state index contributed by atoms with van der Waals surface area (Å²) < 4.78 is 5.45. The molecule has 3 aromatic rings. The highest BCUT2D eigenvalue weighted by atomic mass is 16.5. The molecule has 0 fully saturated rings. The van der Waals surface area contributed by atoms with Gasteiger partial charge in [0.25, 0.3) is 0 Å². The maximum absolute atomic E-state index is 12.1. The van der Waals surface area contributed by atoms with Crippen LogP contribution in [0.2, 0.25) is 0 Å². The summed E-state index contributed by atoms with van der Waals surface area (Å²) in [6, 6.07) is 16.4. The molecular formula is C20H20N4O3. The Morgan fingerprint density at radius 2 is 1.81 bits per heavy atom. The molecule has 1 heterocycles. The van der Waals surface area contributed by atoms with Crippen molar-refractivity contribution in [3.8, 4) is 11.1 Å². The quantitative estimate of drug-likeness (QED) is 0.646. The number of hydrogen-bond acceptors (Lipinski definition) is 5. The van der Waals surface area contributed by atoms with Crippen LogP contribution in [0, 0.1) is 0 Å². The van der Waals surface area contributed by atoms with Gasteiger partial charge in [-0.2, -0.15) is 5.10 Å². The standard InChI is InChI=1S/C20H20N4O3/c1-12(25)19-22-18(23-24-19)10-21-20(26)27-11-17-15-8-4-2-6-13(15)14-7-3-5-9-16(14)17/h2-9,12,17,25H,10-11H2,1H3,(H,21,26)(H,22,23,24)/t12-/m0/s1. The summed E-state index contributed by atoms with van der Waals surface area (Å²) in [5.41, 5.74) is 4.72. The molecule has 1 amide bonds. The maximum Gasteiger partial charge on any atom is 0.407 e. The average molecular weight is 364 g/mol. The van der Waals surface area contributed by atoms with E-state index in [1.807, 2.05) is 24.3 Å². The molecule has 0 radical (unpaired) electrons. The summed E-state index contributed by atoms with van der Waals surface area (Å²) in [4.78, 5) is 16.2. The molecule has 1 atom stereocenters. The second kappa shape index (κ2) is 7.20. The minimum absolute atomic E-state index is 0.0234. The number of aromatic amines is 1. The van der Waals surface area contributed by atoms with E-state index >= 15 is 0 Å². The Balaban J connectivity index is 1.39. The van der Waals surface area contributed by atoms with E-state index in [0.717, 1.165) is 0 Å². The first-order chi connectivity index (χ1) is 13.1. The molecule has 138 valence electrons. The minimum atomic E-state index is -0.760. The van der Waals surface area contributed by atoms with Crippen molar-refractivity contribution in [1.29, 1.82) is 0 Å². The van der Waals surface area contributed by atoms with Gasteiger partial charge in [-0.1, -0.05) is 48.5 Å². The van der Waals surface area contributed by atoms with Gasteiger partial charge in [-0.05, 0) is 29.2 Å². The molecule has 1 aliphatic carbocycles. The van der Waals surface area contributed by atoms with Crippen molar-refractivity contribution in [2.75, 3.05) is 6.61 Å². The molecule has 1 aromatic heterocycles. The first-order valence-electron chi connectivity index (χ1n) is 8.81. The number of carbonyl (C=O) groups excluding carboxylic acids is 1. The van der Waals surface area contributed by atoms with E-state index < -0.39 is 12.2 Å². The van der Waals surface area contributed by atoms with Crippen molar-refractivity contribution < 1.29 is 14.6 Å². The fraction of sp³-hybridized carbons (Fsp3) is 0.250. The van der Waals surface area contributed by atoms with Crippen molar-refractivity contribution >= 4 is 6.09 Å². The first kappa shape index (κ1) is 17.2. The summed E-state index contributed by atoms with van der Waals surface area (Å²) >= 11 is 0. The minimum Gasteiger partial charge on any atom is -0.449 e. The van der Waals surface area contributed by atoms with E-state index in [4.69, 9.17) is 4.74 Å². The van der Waals surface area contributed by atoms with Crippen LogP contribution in [0.1, 0.15) is 41.7 Å². The van der Waals surface area contributed by atoms with E-state index in [1.165, 1.54) is 22.3 Å². The Kier molecular flexibility index (Phi) is 4.60. The lowest BCUT2D eigenvalue weighted by Gasteiger charge is -2.14. The normalized spacial score (nSPS) is 13.7. The van der Waals surface area contributed by atoms with Gasteiger partial charge < -0.3 is 15.2 Å². The number of aliphatic hydroxyl groups is 1. The van der Waals surface area contributed by atoms with Crippen molar-refractivity contribution in [3.63, 3.8) is 0 Å². The topological polar surface area (TPSA) is 100 Å². The number of ether oxygens (including phenoxy) is 1. The van der Waals surface area contributed by atoms with Gasteiger partial charge in [0.1, 0.15) is 18.5 Å². The number of nitrogens with zero attached hydrogens (tertiary/aromatic N) is 2. The van der Waals surface area contributed by atoms with Crippen LogP contribution in [0.3, 0.4) is 0 Å². The predicted octanol–water partition coefficient (Wildman–Crippen LogP) is 2.90. The molecular weight excluding hydrogens is 344 g/mol. The zero-order valence-corrected chi connectivity index (χ0v) is 14.8. The summed E-state index contributed by atoms with van der Waals surface area (Å²) in [6.45, 7) is 1.98. The molecule has 4 rings (SSSR count). The Hall–Kier alpha value is -3.19. The number of fused-ring (bicyclic) bond motifs is 3. The number of benzene rings is 2. The number of nitrogens with one attached hydrogen (secondary N) is 2. The molecule has 0 aliphatic heterocycles. The molecule has 0 saturated heterocycles. The lowest BCUT2D eigenvalue weighted by molar-refractivity contribution is 0.142. The van der Waals surface area contributed by atoms with Crippen LogP contribution in [-0.2, 0) is 11.3 Å². The van der Waals surface area contributed by atoms with Gasteiger partial charge >= 0.3 is 6.09 Å². The van der Waals surface area contributed by atoms with E-state index in [9.17, 15) is 9.90 Å². The summed E-state index contributed by atoms with van der Waals surface area (Å²) in [5, 5.41) is 18.6. The third-order valence-electron chi connectivity index (χ3n) is 4.67. The fourth-order valence-corrected chi connectivity index (χ4v) is 3.38. The van der Waals surface area contributed by atoms with Crippen molar-refractivity contribution in [1.82, 2.24) is 20.5 Å². The third kappa shape index (κ3) is 3.41. The first-order valence-corrected chi connectivity index (χ1v) is 8.81. The smallest absolute Gasteiger partial charge is 0.407 e. The molecule has 1 aliphatic rings. The maximum atomic E-state index is 12.1. The van der Waals surface area contributed by atoms with Crippen LogP contribution in [0.15, 0.2) is 48.5 Å². The molecule has 7 heteroatoms. The zero-order chi connectivity index (χ0) is 18.8. The second-order valence-electron chi connectivity index (χ2n) is 6.50. The Labute approximate surface area is 156 Å². The molecule has 0 unspecified atom stereocenters. The van der Waals surface area contributed by atoms with Crippen LogP contribution >= 0.6 is 0 Å². The molecule has 0 bridgehead atoms. The van der Waals surface area contributed by atoms with Crippen LogP contribution in [0.5, 0.6) is 0 Å². The molecule has 3 N–H and O–H groups in total. The van der Waals surface area contributed by atoms with Crippen molar-refractivity contribution in [2.24, 2.45) is 0 Å². The van der Waals surface area contributed by atoms with E-state index in [1.54, 1.807) is 6.92 Å². The van der Waals surface area contributed by atoms with Crippen molar-refractivity contribution in [2.45, 2.75) is 25.5 Å². The number of carbonyl (C=O) groups is 1. The highest BCUT2D eigenvalue weighted by molar-refractivity contribution is 5.79. The van der Waals surface area contributed by atoms with Gasteiger partial charge in [0, 0.05) is 5.92 Å². The van der Waals surface area contributed by atoms with Crippen molar-refractivity contribution in [3.05, 3.63) is 71.3 Å². The van der Waals surface area contributed by atoms with Crippen LogP contribution in [-0.4, -0.2) is 33.0 Å². The van der Waals surface area contributed by atoms with Crippen LogP contribution < -0.4 is 5.32 Å². The molecule has 27 heavy (non-hydrogen) atoms. The number of H-pyrrole nitrogens is 1. The van der Waals surface area contributed by atoms with Gasteiger partial charge in [-0.15, -0.1) is 0 Å². The van der Waals surface area contributed by atoms with Gasteiger partial charge in [0.05, 0.1) is 6.54 Å². The van der Waals surface area contributed by atoms with E-state index in [-0.39, 0.29) is 19.1 Å². The van der Waals surface area contributed by atoms with Gasteiger partial charge in [-0.25, -0.2) is 9.78 Å². The SMILES string of the molecule is C[C@H](O)c1n[nH]c(CNC(=O)OCC2c3ccccc3-c3ccccc32)n1. The lowest BCUT2D eigenvalue weighted by Crippen LogP contribution is -2.26. The highest BCUT2D eigenvalue weighted by Gasteiger charge is 2.28. The van der Waals surface area contributed by atoms with Gasteiger partial charge in [0.15, 0.2) is 5.82 Å². The third-order valence-corrected chi connectivity index (χ3v) is 4.67. The number of aromatic nitrogens is 3. The molecule has 2 aromatic carbocycles. The summed E-state index contributed by atoms with van der Waals surface area (Å²) in [6.07, 6.45) is -1.28. The number of amides is 1. The van der Waals surface area contributed by atoms with E-state index in [2.05, 4.69) is 44.8 Å². The highest BCUT2D eigenvalue weighted by Crippen LogP contribution is 2.44. The average Bonchev–Trinajstić information content (AvgIpc) is 3.28. The fourth-order valence-electron chi connectivity index (χ4n) is 3.38. The zero-order valence-electron chi connectivity index (χ0n) is 14.8. The second-order valence-corrected chi connectivity index (χ2v) is 6.50. The van der Waals surface area contributed by atoms with Gasteiger partial charge in [-0.3, -0.25) is 5.10 Å². The summed E-state index contributed by atoms with van der Waals surface area (Å²) in [7, 11) is 0. The van der Waals surface area contributed by atoms with Crippen LogP contribution in [0.25, 0.3) is 11.1 Å². The number of rotatable bonds is 5. The Morgan fingerprint density at radius 1 is 1.19 bits per heavy atom. The lowest BCUT2D eigenvalue weighted by atomic mass is 9.98. The van der Waals surface area contributed by atoms with Crippen LogP contribution in [0.4, 0.5) is 4.79 Å². The molecule has 7 nitrogen and oxygen atoms in total. The Bertz CT molecular complexity index is 922. The number of alkyl carbamates (subject to hydrolysis) is 1. The largest absolute Gasteiger partial charge is 0.449 e. The molecule has 0 saturated carbocycles.